The Hall–Kier alpha value is -3.33. The first-order valence-electron chi connectivity index (χ1n) is 13.0. The Kier molecular flexibility index (Phi) is 9.23. The minimum atomic E-state index is -4.48. The summed E-state index contributed by atoms with van der Waals surface area (Å²) in [5, 5.41) is 15.8. The first-order valence-corrected chi connectivity index (χ1v) is 13.0. The molecule has 2 fully saturated rings. The molecule has 2 aromatic rings. The molecule has 1 unspecified atom stereocenters. The van der Waals surface area contributed by atoms with Crippen LogP contribution in [0.5, 0.6) is 0 Å². The van der Waals surface area contributed by atoms with Crippen LogP contribution in [0.4, 0.5) is 18.9 Å². The first-order chi connectivity index (χ1) is 18.9. The van der Waals surface area contributed by atoms with Crippen LogP contribution >= 0.6 is 0 Å². The van der Waals surface area contributed by atoms with Crippen molar-refractivity contribution in [2.24, 2.45) is 11.7 Å². The number of carbonyl (C=O) groups excluding carboxylic acids is 2. The van der Waals surface area contributed by atoms with Crippen molar-refractivity contribution in [2.75, 3.05) is 31.1 Å². The number of morpholine rings is 1. The van der Waals surface area contributed by atoms with Gasteiger partial charge in [-0.2, -0.15) is 13.2 Å². The van der Waals surface area contributed by atoms with Crippen LogP contribution < -0.4 is 21.3 Å². The maximum Gasteiger partial charge on any atom is 0.398 e. The quantitative estimate of drug-likeness (QED) is 0.274. The second-order valence-corrected chi connectivity index (χ2v) is 10.0. The summed E-state index contributed by atoms with van der Waals surface area (Å²) in [6.45, 7) is 4.88. The Morgan fingerprint density at radius 3 is 2.80 bits per heavy atom. The molecule has 0 bridgehead atoms. The zero-order chi connectivity index (χ0) is 29.0. The fourth-order valence-corrected chi connectivity index (χ4v) is 4.94. The number of rotatable bonds is 8. The van der Waals surface area contributed by atoms with Gasteiger partial charge in [-0.25, -0.2) is 14.8 Å². The predicted molar refractivity (Wildman–Crippen MR) is 138 cm³/mol. The Bertz CT molecular complexity index is 1220. The SMILES string of the molecule is Cc1ccc(N2CC[C@@H](CC(F)(F)F)C2OC(=O)C(N)=O)cc1-c1ccnc([C@@H]2CNC[C@@H](N[C@H](C)CO)O2)n1. The molecule has 1 aromatic heterocycles. The van der Waals surface area contributed by atoms with E-state index >= 15 is 0 Å². The second kappa shape index (κ2) is 12.5. The first kappa shape index (κ1) is 29.6. The molecule has 0 aliphatic carbocycles. The fourth-order valence-electron chi connectivity index (χ4n) is 4.94. The smallest absolute Gasteiger partial charge is 0.398 e. The van der Waals surface area contributed by atoms with E-state index < -0.39 is 42.7 Å². The van der Waals surface area contributed by atoms with Gasteiger partial charge in [0.25, 0.3) is 0 Å². The molecule has 14 heteroatoms. The lowest BCUT2D eigenvalue weighted by Gasteiger charge is -2.32. The number of ether oxygens (including phenoxy) is 2. The van der Waals surface area contributed by atoms with Gasteiger partial charge in [0, 0.05) is 49.0 Å². The van der Waals surface area contributed by atoms with Crippen LogP contribution in [0.2, 0.25) is 0 Å². The van der Waals surface area contributed by atoms with E-state index in [1.54, 1.807) is 30.5 Å². The minimum Gasteiger partial charge on any atom is -0.434 e. The van der Waals surface area contributed by atoms with Gasteiger partial charge in [-0.1, -0.05) is 6.07 Å². The number of nitrogens with zero attached hydrogens (tertiary/aromatic N) is 3. The third-order valence-electron chi connectivity index (χ3n) is 6.90. The van der Waals surface area contributed by atoms with Crippen LogP contribution in [-0.2, 0) is 19.1 Å². The van der Waals surface area contributed by atoms with Crippen molar-refractivity contribution in [1.29, 1.82) is 0 Å². The summed E-state index contributed by atoms with van der Waals surface area (Å²) in [5.74, 6) is -3.39. The molecule has 218 valence electrons. The van der Waals surface area contributed by atoms with Gasteiger partial charge in [-0.3, -0.25) is 10.1 Å². The van der Waals surface area contributed by atoms with Gasteiger partial charge < -0.3 is 30.5 Å². The third kappa shape index (κ3) is 7.24. The number of aromatic nitrogens is 2. The molecule has 40 heavy (non-hydrogen) atoms. The number of benzene rings is 1. The van der Waals surface area contributed by atoms with Crippen molar-refractivity contribution in [3.05, 3.63) is 41.9 Å². The number of esters is 1. The van der Waals surface area contributed by atoms with E-state index in [9.17, 15) is 27.9 Å². The van der Waals surface area contributed by atoms with Gasteiger partial charge in [0.2, 0.25) is 0 Å². The number of primary amides is 1. The number of anilines is 1. The zero-order valence-corrected chi connectivity index (χ0v) is 22.1. The number of aryl methyl sites for hydroxylation is 1. The molecule has 2 aliphatic rings. The molecular formula is C26H33F3N6O5. The number of halogens is 3. The molecule has 4 rings (SSSR count). The van der Waals surface area contributed by atoms with Gasteiger partial charge in [0.15, 0.2) is 12.1 Å². The number of nitrogens with one attached hydrogen (secondary N) is 2. The van der Waals surface area contributed by atoms with E-state index in [4.69, 9.17) is 20.2 Å². The lowest BCUT2D eigenvalue weighted by molar-refractivity contribution is -0.167. The molecule has 2 saturated heterocycles. The van der Waals surface area contributed by atoms with Gasteiger partial charge in [-0.15, -0.1) is 0 Å². The average Bonchev–Trinajstić information content (AvgIpc) is 3.29. The fraction of sp³-hybridized carbons (Fsp3) is 0.538. The maximum absolute atomic E-state index is 13.2. The van der Waals surface area contributed by atoms with E-state index in [0.29, 0.717) is 35.9 Å². The van der Waals surface area contributed by atoms with E-state index in [2.05, 4.69) is 15.6 Å². The standard InChI is InChI=1S/C26H33F3N6O5/c1-14-3-4-17(35-8-6-16(10-26(27,28)29)24(35)40-25(38)22(30)37)9-18(14)19-5-7-32-23(34-19)20-11-31-12-21(39-20)33-15(2)13-36/h3-5,7,9,15-16,20-21,24,31,33,36H,6,8,10-13H2,1-2H3,(H2,30,37)/t15-,16+,20+,21+,24?/m1/s1. The number of aliphatic hydroxyl groups excluding tert-OH is 1. The van der Waals surface area contributed by atoms with Crippen LogP contribution in [0.25, 0.3) is 11.3 Å². The molecule has 0 saturated carbocycles. The molecule has 0 spiro atoms. The average molecular weight is 567 g/mol. The molecule has 2 aliphatic heterocycles. The summed E-state index contributed by atoms with van der Waals surface area (Å²) < 4.78 is 51.0. The Labute approximate surface area is 229 Å². The van der Waals surface area contributed by atoms with Gasteiger partial charge in [0.05, 0.1) is 18.7 Å². The Morgan fingerprint density at radius 1 is 1.32 bits per heavy atom. The molecule has 5 atom stereocenters. The minimum absolute atomic E-state index is 0.0390. The number of hydrogen-bond acceptors (Lipinski definition) is 10. The highest BCUT2D eigenvalue weighted by Crippen LogP contribution is 2.39. The highest BCUT2D eigenvalue weighted by molar-refractivity contribution is 6.31. The van der Waals surface area contributed by atoms with Crippen molar-refractivity contribution in [1.82, 2.24) is 20.6 Å². The van der Waals surface area contributed by atoms with Crippen LogP contribution in [0.3, 0.4) is 0 Å². The summed E-state index contributed by atoms with van der Waals surface area (Å²) in [6.07, 6.45) is -6.06. The van der Waals surface area contributed by atoms with Crippen LogP contribution in [0.1, 0.15) is 37.3 Å². The van der Waals surface area contributed by atoms with Gasteiger partial charge in [-0.05, 0) is 44.0 Å². The number of carbonyl (C=O) groups is 2. The monoisotopic (exact) mass is 566 g/mol. The molecule has 1 amide bonds. The molecule has 1 aromatic carbocycles. The van der Waals surface area contributed by atoms with Crippen molar-refractivity contribution < 1.29 is 37.3 Å². The van der Waals surface area contributed by atoms with Crippen LogP contribution in [0.15, 0.2) is 30.5 Å². The van der Waals surface area contributed by atoms with Gasteiger partial charge >= 0.3 is 18.1 Å². The molecule has 0 radical (unpaired) electrons. The number of aliphatic hydroxyl groups is 1. The zero-order valence-electron chi connectivity index (χ0n) is 22.1. The second-order valence-electron chi connectivity index (χ2n) is 10.0. The number of hydrogen-bond donors (Lipinski definition) is 4. The van der Waals surface area contributed by atoms with E-state index in [1.165, 1.54) is 4.90 Å². The van der Waals surface area contributed by atoms with Crippen molar-refractivity contribution >= 4 is 17.6 Å². The Morgan fingerprint density at radius 2 is 2.10 bits per heavy atom. The lowest BCUT2D eigenvalue weighted by atomic mass is 10.0. The largest absolute Gasteiger partial charge is 0.434 e. The summed E-state index contributed by atoms with van der Waals surface area (Å²) in [5.41, 5.74) is 7.64. The normalized spacial score (nSPS) is 24.1. The summed E-state index contributed by atoms with van der Waals surface area (Å²) >= 11 is 0. The van der Waals surface area contributed by atoms with E-state index in [1.807, 2.05) is 13.8 Å². The number of nitrogens with two attached hydrogens (primary N) is 1. The van der Waals surface area contributed by atoms with Crippen LogP contribution in [-0.4, -0.2) is 77.9 Å². The summed E-state index contributed by atoms with van der Waals surface area (Å²) in [7, 11) is 0. The van der Waals surface area contributed by atoms with Crippen molar-refractivity contribution in [3.8, 4) is 11.3 Å². The van der Waals surface area contributed by atoms with E-state index in [-0.39, 0.29) is 31.8 Å². The van der Waals surface area contributed by atoms with E-state index in [0.717, 1.165) is 5.56 Å². The Balaban J connectivity index is 1.60. The number of amides is 1. The molecule has 5 N–H and O–H groups in total. The van der Waals surface area contributed by atoms with Crippen molar-refractivity contribution in [3.63, 3.8) is 0 Å². The van der Waals surface area contributed by atoms with Gasteiger partial charge in [0.1, 0.15) is 12.3 Å². The summed E-state index contributed by atoms with van der Waals surface area (Å²) in [4.78, 5) is 33.9. The molecule has 11 nitrogen and oxygen atoms in total. The maximum atomic E-state index is 13.2. The summed E-state index contributed by atoms with van der Waals surface area (Å²) in [6, 6.07) is 6.84. The third-order valence-corrected chi connectivity index (χ3v) is 6.90. The van der Waals surface area contributed by atoms with Crippen molar-refractivity contribution in [2.45, 2.75) is 57.5 Å². The molecular weight excluding hydrogens is 533 g/mol. The lowest BCUT2D eigenvalue weighted by Crippen LogP contribution is -2.51. The highest BCUT2D eigenvalue weighted by Gasteiger charge is 2.44. The topological polar surface area (TPSA) is 152 Å². The van der Waals surface area contributed by atoms with Crippen LogP contribution in [0, 0.1) is 12.8 Å². The highest BCUT2D eigenvalue weighted by atomic mass is 19.4. The molecule has 3 heterocycles. The number of alkyl halides is 3. The predicted octanol–water partition coefficient (Wildman–Crippen LogP) is 1.54.